The highest BCUT2D eigenvalue weighted by Gasteiger charge is 2.26. The molecule has 1 unspecified atom stereocenters. The minimum atomic E-state index is -0.325. The zero-order valence-electron chi connectivity index (χ0n) is 26.7. The Hall–Kier alpha value is -3.26. The highest BCUT2D eigenvalue weighted by molar-refractivity contribution is 8.00. The molecule has 0 aliphatic carbocycles. The van der Waals surface area contributed by atoms with E-state index in [9.17, 15) is 9.59 Å². The van der Waals surface area contributed by atoms with Crippen LogP contribution in [0, 0.1) is 6.92 Å². The molecule has 42 heavy (non-hydrogen) atoms. The summed E-state index contributed by atoms with van der Waals surface area (Å²) in [6, 6.07) is 14.3. The maximum Gasteiger partial charge on any atom is 0.257 e. The van der Waals surface area contributed by atoms with E-state index in [0.29, 0.717) is 47.3 Å². The standard InChI is InChI=1S/C34H47N3O4S/c1-10-11-12-30(32(39)36(6)20-19-25-15-18-28(40-8)29(22-25)41-9)42-33-35-23(2)27(31(38)37(33)7)21-24-13-16-26(17-14-24)34(3,4)5/h13-18,22,30H,10-12,19-21H2,1-9H3. The molecule has 0 aliphatic heterocycles. The number of nitrogens with zero attached hydrogens (tertiary/aromatic N) is 3. The molecule has 228 valence electrons. The molecule has 8 heteroatoms. The van der Waals surface area contributed by atoms with E-state index in [-0.39, 0.29) is 22.1 Å². The zero-order valence-corrected chi connectivity index (χ0v) is 27.6. The SMILES string of the molecule is CCCCC(Sc1nc(C)c(Cc2ccc(C(C)(C)C)cc2)c(=O)n1C)C(=O)N(C)CCc1ccc(OC)c(OC)c1. The normalized spacial score (nSPS) is 12.2. The number of aryl methyl sites for hydroxylation is 1. The van der Waals surface area contributed by atoms with Crippen LogP contribution in [0.25, 0.3) is 0 Å². The zero-order chi connectivity index (χ0) is 31.0. The highest BCUT2D eigenvalue weighted by Crippen LogP contribution is 2.29. The summed E-state index contributed by atoms with van der Waals surface area (Å²) < 4.78 is 12.4. The Morgan fingerprint density at radius 3 is 2.29 bits per heavy atom. The van der Waals surface area contributed by atoms with Gasteiger partial charge in [-0.05, 0) is 54.0 Å². The second-order valence-electron chi connectivity index (χ2n) is 11.9. The first-order chi connectivity index (χ1) is 19.9. The van der Waals surface area contributed by atoms with Crippen molar-refractivity contribution in [2.24, 2.45) is 7.05 Å². The van der Waals surface area contributed by atoms with E-state index >= 15 is 0 Å². The number of likely N-dealkylation sites (N-methyl/N-ethyl adjacent to an activating group) is 1. The van der Waals surface area contributed by atoms with Crippen LogP contribution in [0.2, 0.25) is 0 Å². The van der Waals surface area contributed by atoms with Crippen LogP contribution in [-0.4, -0.2) is 53.4 Å². The van der Waals surface area contributed by atoms with Gasteiger partial charge in [0.15, 0.2) is 16.7 Å². The number of carbonyl (C=O) groups excluding carboxylic acids is 1. The van der Waals surface area contributed by atoms with Crippen molar-refractivity contribution in [3.63, 3.8) is 0 Å². The van der Waals surface area contributed by atoms with Gasteiger partial charge in [-0.3, -0.25) is 14.2 Å². The molecule has 3 aromatic rings. The number of thioether (sulfide) groups is 1. The second kappa shape index (κ2) is 14.8. The van der Waals surface area contributed by atoms with Crippen molar-refractivity contribution in [2.45, 2.75) is 82.5 Å². The largest absolute Gasteiger partial charge is 0.493 e. The van der Waals surface area contributed by atoms with Gasteiger partial charge in [-0.15, -0.1) is 0 Å². The van der Waals surface area contributed by atoms with Crippen molar-refractivity contribution in [2.75, 3.05) is 27.8 Å². The van der Waals surface area contributed by atoms with E-state index in [0.717, 1.165) is 30.4 Å². The Balaban J connectivity index is 1.76. The summed E-state index contributed by atoms with van der Waals surface area (Å²) in [5.41, 5.74) is 4.82. The number of hydrogen-bond acceptors (Lipinski definition) is 6. The molecule has 0 aliphatic rings. The molecule has 0 radical (unpaired) electrons. The Morgan fingerprint density at radius 2 is 1.69 bits per heavy atom. The summed E-state index contributed by atoms with van der Waals surface area (Å²) in [5.74, 6) is 1.40. The van der Waals surface area contributed by atoms with Gasteiger partial charge in [0.25, 0.3) is 5.56 Å². The molecule has 0 bridgehead atoms. The number of carbonyl (C=O) groups is 1. The Bertz CT molecular complexity index is 1410. The fourth-order valence-electron chi connectivity index (χ4n) is 4.80. The molecular formula is C34H47N3O4S. The van der Waals surface area contributed by atoms with Crippen LogP contribution in [0.3, 0.4) is 0 Å². The van der Waals surface area contributed by atoms with Gasteiger partial charge in [0.05, 0.1) is 19.5 Å². The van der Waals surface area contributed by atoms with Crippen LogP contribution < -0.4 is 15.0 Å². The van der Waals surface area contributed by atoms with Crippen molar-refractivity contribution in [3.8, 4) is 11.5 Å². The predicted octanol–water partition coefficient (Wildman–Crippen LogP) is 6.35. The van der Waals surface area contributed by atoms with E-state index in [2.05, 4.69) is 52.0 Å². The first-order valence-corrected chi connectivity index (χ1v) is 15.6. The van der Waals surface area contributed by atoms with Gasteiger partial charge in [-0.1, -0.05) is 82.6 Å². The summed E-state index contributed by atoms with van der Waals surface area (Å²) >= 11 is 1.40. The van der Waals surface area contributed by atoms with Gasteiger partial charge in [0.2, 0.25) is 5.91 Å². The van der Waals surface area contributed by atoms with Crippen LogP contribution in [0.1, 0.15) is 74.9 Å². The average Bonchev–Trinajstić information content (AvgIpc) is 2.97. The lowest BCUT2D eigenvalue weighted by Gasteiger charge is -2.24. The summed E-state index contributed by atoms with van der Waals surface area (Å²) in [4.78, 5) is 33.7. The van der Waals surface area contributed by atoms with Crippen LogP contribution in [0.4, 0.5) is 0 Å². The van der Waals surface area contributed by atoms with Crippen LogP contribution in [0.5, 0.6) is 11.5 Å². The summed E-state index contributed by atoms with van der Waals surface area (Å²) in [6.07, 6.45) is 3.84. The number of ether oxygens (including phenoxy) is 2. The molecule has 0 saturated heterocycles. The first kappa shape index (κ1) is 33.2. The smallest absolute Gasteiger partial charge is 0.257 e. The second-order valence-corrected chi connectivity index (χ2v) is 13.1. The third-order valence-corrected chi connectivity index (χ3v) is 8.95. The number of aromatic nitrogens is 2. The van der Waals surface area contributed by atoms with Gasteiger partial charge < -0.3 is 14.4 Å². The Morgan fingerprint density at radius 1 is 1.05 bits per heavy atom. The monoisotopic (exact) mass is 593 g/mol. The summed E-state index contributed by atoms with van der Waals surface area (Å²) in [6.45, 7) is 11.1. The number of amides is 1. The van der Waals surface area contributed by atoms with Crippen molar-refractivity contribution in [3.05, 3.63) is 80.8 Å². The third-order valence-electron chi connectivity index (χ3n) is 7.65. The van der Waals surface area contributed by atoms with E-state index < -0.39 is 0 Å². The minimum absolute atomic E-state index is 0.0452. The lowest BCUT2D eigenvalue weighted by atomic mass is 9.86. The summed E-state index contributed by atoms with van der Waals surface area (Å²) in [7, 11) is 6.83. The van der Waals surface area contributed by atoms with Crippen LogP contribution in [-0.2, 0) is 30.1 Å². The van der Waals surface area contributed by atoms with Gasteiger partial charge in [-0.25, -0.2) is 4.98 Å². The van der Waals surface area contributed by atoms with E-state index in [4.69, 9.17) is 14.5 Å². The van der Waals surface area contributed by atoms with Gasteiger partial charge >= 0.3 is 0 Å². The molecule has 0 saturated carbocycles. The Labute approximate surface area is 255 Å². The minimum Gasteiger partial charge on any atom is -0.493 e. The third kappa shape index (κ3) is 8.40. The van der Waals surface area contributed by atoms with Crippen molar-refractivity contribution in [1.29, 1.82) is 0 Å². The van der Waals surface area contributed by atoms with Crippen LogP contribution >= 0.6 is 11.8 Å². The number of rotatable bonds is 13. The highest BCUT2D eigenvalue weighted by atomic mass is 32.2. The van der Waals surface area contributed by atoms with Crippen molar-refractivity contribution in [1.82, 2.24) is 14.5 Å². The van der Waals surface area contributed by atoms with E-state index in [1.807, 2.05) is 32.2 Å². The lowest BCUT2D eigenvalue weighted by molar-refractivity contribution is -0.129. The van der Waals surface area contributed by atoms with E-state index in [1.165, 1.54) is 17.3 Å². The molecule has 1 amide bonds. The molecule has 1 heterocycles. The molecule has 0 spiro atoms. The fourth-order valence-corrected chi connectivity index (χ4v) is 6.05. The quantitative estimate of drug-likeness (QED) is 0.170. The molecule has 3 rings (SSSR count). The number of unbranched alkanes of at least 4 members (excludes halogenated alkanes) is 1. The topological polar surface area (TPSA) is 73.7 Å². The molecule has 7 nitrogen and oxygen atoms in total. The fraction of sp³-hybridized carbons (Fsp3) is 0.500. The predicted molar refractivity (Wildman–Crippen MR) is 172 cm³/mol. The molecule has 1 aromatic heterocycles. The first-order valence-electron chi connectivity index (χ1n) is 14.7. The molecular weight excluding hydrogens is 546 g/mol. The van der Waals surface area contributed by atoms with Crippen molar-refractivity contribution >= 4 is 17.7 Å². The molecule has 2 aromatic carbocycles. The maximum absolute atomic E-state index is 13.6. The maximum atomic E-state index is 13.6. The summed E-state index contributed by atoms with van der Waals surface area (Å²) in [5, 5.41) is 0.251. The van der Waals surface area contributed by atoms with E-state index in [1.54, 1.807) is 30.7 Å². The average molecular weight is 594 g/mol. The number of benzene rings is 2. The Kier molecular flexibility index (Phi) is 11.7. The van der Waals surface area contributed by atoms with Gasteiger partial charge in [-0.2, -0.15) is 0 Å². The molecule has 0 N–H and O–H groups in total. The van der Waals surface area contributed by atoms with Gasteiger partial charge in [0.1, 0.15) is 0 Å². The lowest BCUT2D eigenvalue weighted by Crippen LogP contribution is -2.37. The van der Waals surface area contributed by atoms with Crippen molar-refractivity contribution < 1.29 is 14.3 Å². The molecule has 1 atom stereocenters. The number of hydrogen-bond donors (Lipinski definition) is 0. The van der Waals surface area contributed by atoms with Crippen LogP contribution in [0.15, 0.2) is 52.4 Å². The molecule has 0 fully saturated rings. The van der Waals surface area contributed by atoms with Gasteiger partial charge in [0, 0.05) is 38.3 Å². The number of methoxy groups -OCH3 is 2.